The highest BCUT2D eigenvalue weighted by Gasteiger charge is 2.06. The summed E-state index contributed by atoms with van der Waals surface area (Å²) in [6.45, 7) is 0. The van der Waals surface area contributed by atoms with Crippen LogP contribution in [0.4, 0.5) is 5.69 Å². The van der Waals surface area contributed by atoms with Crippen LogP contribution >= 0.6 is 11.3 Å². The first-order valence-electron chi connectivity index (χ1n) is 6.30. The fourth-order valence-electron chi connectivity index (χ4n) is 2.30. The van der Waals surface area contributed by atoms with Crippen LogP contribution in [-0.4, -0.2) is 9.97 Å². The number of fused-ring (bicyclic) bond motifs is 2. The number of rotatable bonds is 1. The van der Waals surface area contributed by atoms with Gasteiger partial charge in [0.1, 0.15) is 4.83 Å². The number of benzene rings is 1. The van der Waals surface area contributed by atoms with Crippen molar-refractivity contribution in [1.29, 1.82) is 0 Å². The Morgan fingerprint density at radius 1 is 1.05 bits per heavy atom. The number of hydrogen-bond donors (Lipinski definition) is 1. The largest absolute Gasteiger partial charge is 0.398 e. The smallest absolute Gasteiger partial charge is 0.125 e. The third-order valence-electron chi connectivity index (χ3n) is 3.35. The van der Waals surface area contributed by atoms with Crippen molar-refractivity contribution in [3.63, 3.8) is 0 Å². The molecular weight excluding hydrogens is 266 g/mol. The van der Waals surface area contributed by atoms with Gasteiger partial charge in [0.2, 0.25) is 0 Å². The summed E-state index contributed by atoms with van der Waals surface area (Å²) in [7, 11) is 0. The van der Waals surface area contributed by atoms with Crippen LogP contribution in [-0.2, 0) is 0 Å². The van der Waals surface area contributed by atoms with Crippen LogP contribution in [0.2, 0.25) is 0 Å². The van der Waals surface area contributed by atoms with Gasteiger partial charge in [-0.1, -0.05) is 24.3 Å². The van der Waals surface area contributed by atoms with Crippen LogP contribution in [0, 0.1) is 0 Å². The maximum Gasteiger partial charge on any atom is 0.125 e. The normalized spacial score (nSPS) is 11.2. The molecule has 0 bridgehead atoms. The zero-order valence-corrected chi connectivity index (χ0v) is 11.4. The summed E-state index contributed by atoms with van der Waals surface area (Å²) >= 11 is 1.56. The van der Waals surface area contributed by atoms with E-state index in [1.165, 1.54) is 0 Å². The molecule has 0 spiro atoms. The minimum atomic E-state index is 0.778. The molecule has 3 aromatic heterocycles. The van der Waals surface area contributed by atoms with Gasteiger partial charge in [0.15, 0.2) is 0 Å². The van der Waals surface area contributed by atoms with E-state index in [0.29, 0.717) is 0 Å². The van der Waals surface area contributed by atoms with E-state index in [1.807, 2.05) is 35.8 Å². The van der Waals surface area contributed by atoms with Crippen LogP contribution in [0.3, 0.4) is 0 Å². The van der Waals surface area contributed by atoms with Gasteiger partial charge in [-0.3, -0.25) is 0 Å². The van der Waals surface area contributed by atoms with Crippen molar-refractivity contribution in [1.82, 2.24) is 9.97 Å². The lowest BCUT2D eigenvalue weighted by Crippen LogP contribution is -1.87. The molecule has 96 valence electrons. The molecule has 3 nitrogen and oxygen atoms in total. The van der Waals surface area contributed by atoms with E-state index in [1.54, 1.807) is 11.3 Å². The van der Waals surface area contributed by atoms with Gasteiger partial charge in [-0.2, -0.15) is 0 Å². The van der Waals surface area contributed by atoms with Crippen molar-refractivity contribution < 1.29 is 0 Å². The van der Waals surface area contributed by atoms with E-state index in [0.717, 1.165) is 38.1 Å². The molecule has 0 saturated carbocycles. The average molecular weight is 277 g/mol. The van der Waals surface area contributed by atoms with Crippen molar-refractivity contribution in [2.24, 2.45) is 0 Å². The topological polar surface area (TPSA) is 51.8 Å². The Kier molecular flexibility index (Phi) is 2.44. The van der Waals surface area contributed by atoms with Crippen molar-refractivity contribution in [3.8, 4) is 11.3 Å². The van der Waals surface area contributed by atoms with Crippen molar-refractivity contribution in [3.05, 3.63) is 54.0 Å². The first kappa shape index (κ1) is 11.4. The Bertz CT molecular complexity index is 927. The fraction of sp³-hybridized carbons (Fsp3) is 0. The molecular formula is C16H11N3S. The molecule has 4 rings (SSSR count). The van der Waals surface area contributed by atoms with Crippen LogP contribution in [0.1, 0.15) is 0 Å². The Morgan fingerprint density at radius 2 is 1.95 bits per heavy atom. The third-order valence-corrected chi connectivity index (χ3v) is 4.27. The highest BCUT2D eigenvalue weighted by Crippen LogP contribution is 2.30. The predicted octanol–water partition coefficient (Wildman–Crippen LogP) is 4.09. The maximum absolute atomic E-state index is 5.96. The second-order valence-electron chi connectivity index (χ2n) is 4.66. The van der Waals surface area contributed by atoms with Crippen LogP contribution in [0.25, 0.3) is 32.4 Å². The number of aromatic nitrogens is 2. The summed E-state index contributed by atoms with van der Waals surface area (Å²) in [5.74, 6) is 0. The molecule has 0 saturated heterocycles. The molecule has 0 amide bonds. The summed E-state index contributed by atoms with van der Waals surface area (Å²) in [6, 6.07) is 14.3. The third kappa shape index (κ3) is 1.73. The van der Waals surface area contributed by atoms with E-state index in [4.69, 9.17) is 5.73 Å². The first-order chi connectivity index (χ1) is 9.81. The standard InChI is InChI=1S/C16H11N3S/c17-13-9-20-16-12(13)7-11(8-18-16)15-6-5-10-3-1-2-4-14(10)19-15/h1-9H,17H2. The Morgan fingerprint density at radius 3 is 2.90 bits per heavy atom. The van der Waals surface area contributed by atoms with Crippen LogP contribution < -0.4 is 5.73 Å². The van der Waals surface area contributed by atoms with Crippen molar-refractivity contribution in [2.45, 2.75) is 0 Å². The molecule has 4 heteroatoms. The molecule has 4 aromatic rings. The number of anilines is 1. The molecule has 0 fully saturated rings. The summed E-state index contributed by atoms with van der Waals surface area (Å²) in [5.41, 5.74) is 9.64. The van der Waals surface area contributed by atoms with E-state index in [9.17, 15) is 0 Å². The zero-order valence-electron chi connectivity index (χ0n) is 10.6. The zero-order chi connectivity index (χ0) is 13.5. The van der Waals surface area contributed by atoms with Gasteiger partial charge in [0.25, 0.3) is 0 Å². The van der Waals surface area contributed by atoms with Crippen molar-refractivity contribution in [2.75, 3.05) is 5.73 Å². The van der Waals surface area contributed by atoms with Gasteiger partial charge >= 0.3 is 0 Å². The minimum Gasteiger partial charge on any atom is -0.398 e. The number of thiophene rings is 1. The van der Waals surface area contributed by atoms with E-state index >= 15 is 0 Å². The SMILES string of the molecule is Nc1csc2ncc(-c3ccc4ccccc4n3)cc12. The Labute approximate surface area is 119 Å². The van der Waals surface area contributed by atoms with Gasteiger partial charge in [0.05, 0.1) is 16.9 Å². The lowest BCUT2D eigenvalue weighted by molar-refractivity contribution is 1.36. The fourth-order valence-corrected chi connectivity index (χ4v) is 3.09. The number of nitrogen functional groups attached to an aromatic ring is 1. The lowest BCUT2D eigenvalue weighted by Gasteiger charge is -2.03. The van der Waals surface area contributed by atoms with Crippen LogP contribution in [0.15, 0.2) is 54.0 Å². The Hall–Kier alpha value is -2.46. The van der Waals surface area contributed by atoms with Gasteiger partial charge in [-0.05, 0) is 18.2 Å². The molecule has 2 N–H and O–H groups in total. The van der Waals surface area contributed by atoms with Crippen LogP contribution in [0.5, 0.6) is 0 Å². The highest BCUT2D eigenvalue weighted by molar-refractivity contribution is 7.17. The van der Waals surface area contributed by atoms with E-state index in [-0.39, 0.29) is 0 Å². The Balaban J connectivity index is 1.93. The molecule has 0 aliphatic carbocycles. The minimum absolute atomic E-state index is 0.778. The average Bonchev–Trinajstić information content (AvgIpc) is 2.88. The molecule has 20 heavy (non-hydrogen) atoms. The monoisotopic (exact) mass is 277 g/mol. The highest BCUT2D eigenvalue weighted by atomic mass is 32.1. The maximum atomic E-state index is 5.96. The summed E-state index contributed by atoms with van der Waals surface area (Å²) in [5, 5.41) is 4.07. The van der Waals surface area contributed by atoms with Gasteiger partial charge in [-0.25, -0.2) is 9.97 Å². The number of hydrogen-bond acceptors (Lipinski definition) is 4. The number of nitrogens with two attached hydrogens (primary N) is 1. The van der Waals surface area contributed by atoms with Gasteiger partial charge in [0, 0.05) is 27.9 Å². The summed E-state index contributed by atoms with van der Waals surface area (Å²) < 4.78 is 0. The molecule has 0 aliphatic rings. The van der Waals surface area contributed by atoms with E-state index in [2.05, 4.69) is 28.2 Å². The molecule has 0 aliphatic heterocycles. The summed E-state index contributed by atoms with van der Waals surface area (Å²) in [4.78, 5) is 10.1. The van der Waals surface area contributed by atoms with Gasteiger partial charge in [-0.15, -0.1) is 11.3 Å². The van der Waals surface area contributed by atoms with Gasteiger partial charge < -0.3 is 5.73 Å². The quantitative estimate of drug-likeness (QED) is 0.570. The molecule has 0 atom stereocenters. The molecule has 0 radical (unpaired) electrons. The summed E-state index contributed by atoms with van der Waals surface area (Å²) in [6.07, 6.45) is 1.86. The molecule has 0 unspecified atom stereocenters. The first-order valence-corrected chi connectivity index (χ1v) is 7.18. The lowest BCUT2D eigenvalue weighted by atomic mass is 10.1. The predicted molar refractivity (Wildman–Crippen MR) is 84.8 cm³/mol. The number of para-hydroxylation sites is 1. The molecule has 3 heterocycles. The molecule has 1 aromatic carbocycles. The second kappa shape index (κ2) is 4.28. The number of pyridine rings is 2. The van der Waals surface area contributed by atoms with Crippen molar-refractivity contribution >= 4 is 38.1 Å². The second-order valence-corrected chi connectivity index (χ2v) is 5.52. The number of nitrogens with zero attached hydrogens (tertiary/aromatic N) is 2. The van der Waals surface area contributed by atoms with E-state index < -0.39 is 0 Å².